The second kappa shape index (κ2) is 5.31. The Morgan fingerprint density at radius 1 is 1.40 bits per heavy atom. The summed E-state index contributed by atoms with van der Waals surface area (Å²) < 4.78 is 40.1. The molecule has 112 valence electrons. The van der Waals surface area contributed by atoms with Gasteiger partial charge in [-0.05, 0) is 37.5 Å². The fourth-order valence-electron chi connectivity index (χ4n) is 2.48. The van der Waals surface area contributed by atoms with E-state index in [9.17, 15) is 17.9 Å². The number of hydrogen-bond acceptors (Lipinski definition) is 4. The summed E-state index contributed by atoms with van der Waals surface area (Å²) in [5.74, 6) is -0.643. The van der Waals surface area contributed by atoms with Gasteiger partial charge in [0.1, 0.15) is 5.82 Å². The number of anilines is 1. The lowest BCUT2D eigenvalue weighted by Gasteiger charge is -2.22. The lowest BCUT2D eigenvalue weighted by Crippen LogP contribution is -2.40. The third-order valence-electron chi connectivity index (χ3n) is 3.71. The Balaban J connectivity index is 2.20. The molecule has 0 radical (unpaired) electrons. The molecule has 1 saturated carbocycles. The zero-order chi connectivity index (χ0) is 15.0. The van der Waals surface area contributed by atoms with Crippen molar-refractivity contribution in [1.82, 2.24) is 4.72 Å². The maximum atomic E-state index is 13.3. The van der Waals surface area contributed by atoms with Crippen molar-refractivity contribution in [2.24, 2.45) is 0 Å². The predicted octanol–water partition coefficient (Wildman–Crippen LogP) is 1.30. The van der Waals surface area contributed by atoms with Crippen LogP contribution in [0.3, 0.4) is 0 Å². The van der Waals surface area contributed by atoms with Crippen molar-refractivity contribution in [3.8, 4) is 0 Å². The summed E-state index contributed by atoms with van der Waals surface area (Å²) >= 11 is 0. The second-order valence-corrected chi connectivity index (χ2v) is 7.13. The van der Waals surface area contributed by atoms with E-state index in [1.165, 1.54) is 6.92 Å². The van der Waals surface area contributed by atoms with Gasteiger partial charge in [-0.25, -0.2) is 17.5 Å². The second-order valence-electron chi connectivity index (χ2n) is 5.40. The summed E-state index contributed by atoms with van der Waals surface area (Å²) in [6.07, 6.45) is 2.95. The molecule has 0 bridgehead atoms. The van der Waals surface area contributed by atoms with Gasteiger partial charge in [0, 0.05) is 6.54 Å². The van der Waals surface area contributed by atoms with Crippen LogP contribution in [0.4, 0.5) is 10.1 Å². The predicted molar refractivity (Wildman–Crippen MR) is 74.2 cm³/mol. The van der Waals surface area contributed by atoms with Crippen LogP contribution in [-0.4, -0.2) is 25.7 Å². The highest BCUT2D eigenvalue weighted by molar-refractivity contribution is 7.89. The summed E-state index contributed by atoms with van der Waals surface area (Å²) in [6, 6.07) is 2.19. The Kier molecular flexibility index (Phi) is 4.04. The molecule has 0 spiro atoms. The highest BCUT2D eigenvalue weighted by Gasteiger charge is 2.32. The van der Waals surface area contributed by atoms with E-state index in [1.807, 2.05) is 0 Å². The van der Waals surface area contributed by atoms with Crippen LogP contribution < -0.4 is 10.5 Å². The molecule has 0 atom stereocenters. The first-order valence-corrected chi connectivity index (χ1v) is 7.99. The molecule has 7 heteroatoms. The van der Waals surface area contributed by atoms with E-state index in [1.54, 1.807) is 0 Å². The quantitative estimate of drug-likeness (QED) is 0.731. The minimum atomic E-state index is -3.81. The summed E-state index contributed by atoms with van der Waals surface area (Å²) in [4.78, 5) is -0.0574. The molecule has 0 aliphatic heterocycles. The fraction of sp³-hybridized carbons (Fsp3) is 0.538. The van der Waals surface area contributed by atoms with E-state index >= 15 is 0 Å². The van der Waals surface area contributed by atoms with Gasteiger partial charge in [0.25, 0.3) is 0 Å². The average Bonchev–Trinajstić information content (AvgIpc) is 2.79. The third-order valence-corrected chi connectivity index (χ3v) is 5.25. The Bertz CT molecular complexity index is 610. The number of nitrogens with one attached hydrogen (secondary N) is 1. The molecular formula is C13H19FN2O3S. The van der Waals surface area contributed by atoms with Gasteiger partial charge >= 0.3 is 0 Å². The Hall–Kier alpha value is -1.18. The van der Waals surface area contributed by atoms with E-state index in [2.05, 4.69) is 4.72 Å². The van der Waals surface area contributed by atoms with Gasteiger partial charge in [-0.2, -0.15) is 0 Å². The van der Waals surface area contributed by atoms with Crippen LogP contribution in [0.2, 0.25) is 0 Å². The summed E-state index contributed by atoms with van der Waals surface area (Å²) in [7, 11) is -3.81. The van der Waals surface area contributed by atoms with Gasteiger partial charge in [-0.15, -0.1) is 0 Å². The molecule has 1 aromatic rings. The largest absolute Gasteiger partial charge is 0.396 e. The number of halogens is 1. The normalized spacial score (nSPS) is 18.4. The van der Waals surface area contributed by atoms with E-state index in [-0.39, 0.29) is 22.7 Å². The molecule has 1 aliphatic rings. The van der Waals surface area contributed by atoms with Crippen molar-refractivity contribution < 1.29 is 17.9 Å². The van der Waals surface area contributed by atoms with Gasteiger partial charge in [-0.3, -0.25) is 0 Å². The molecule has 0 heterocycles. The first kappa shape index (κ1) is 15.2. The molecule has 5 nitrogen and oxygen atoms in total. The van der Waals surface area contributed by atoms with Crippen LogP contribution in [0.25, 0.3) is 0 Å². The van der Waals surface area contributed by atoms with Crippen molar-refractivity contribution in [3.63, 3.8) is 0 Å². The van der Waals surface area contributed by atoms with Crippen LogP contribution in [0, 0.1) is 12.7 Å². The number of aliphatic hydroxyl groups is 1. The molecule has 4 N–H and O–H groups in total. The number of rotatable bonds is 4. The number of nitrogen functional groups attached to an aromatic ring is 1. The molecule has 20 heavy (non-hydrogen) atoms. The summed E-state index contributed by atoms with van der Waals surface area (Å²) in [6.45, 7) is 1.47. The van der Waals surface area contributed by atoms with Crippen LogP contribution >= 0.6 is 0 Å². The van der Waals surface area contributed by atoms with Gasteiger partial charge in [0.2, 0.25) is 10.0 Å². The molecule has 1 aliphatic carbocycles. The number of aryl methyl sites for hydroxylation is 1. The van der Waals surface area contributed by atoms with Crippen molar-refractivity contribution in [1.29, 1.82) is 0 Å². The topological polar surface area (TPSA) is 92.4 Å². The molecule has 2 rings (SSSR count). The molecule has 0 amide bonds. The van der Waals surface area contributed by atoms with Crippen LogP contribution in [0.15, 0.2) is 17.0 Å². The number of sulfonamides is 1. The van der Waals surface area contributed by atoms with Gasteiger partial charge in [0.15, 0.2) is 0 Å². The van der Waals surface area contributed by atoms with E-state index < -0.39 is 21.4 Å². The van der Waals surface area contributed by atoms with Crippen molar-refractivity contribution in [2.75, 3.05) is 12.3 Å². The van der Waals surface area contributed by atoms with E-state index in [0.29, 0.717) is 12.8 Å². The molecule has 0 saturated heterocycles. The van der Waals surface area contributed by atoms with Crippen molar-refractivity contribution >= 4 is 15.7 Å². The van der Waals surface area contributed by atoms with E-state index in [4.69, 9.17) is 5.73 Å². The lowest BCUT2D eigenvalue weighted by atomic mass is 10.0. The highest BCUT2D eigenvalue weighted by atomic mass is 32.2. The van der Waals surface area contributed by atoms with Crippen molar-refractivity contribution in [3.05, 3.63) is 23.5 Å². The average molecular weight is 302 g/mol. The van der Waals surface area contributed by atoms with Gasteiger partial charge in [0.05, 0.1) is 16.2 Å². The lowest BCUT2D eigenvalue weighted by molar-refractivity contribution is 0.0531. The molecule has 0 unspecified atom stereocenters. The molecular weight excluding hydrogens is 283 g/mol. The Morgan fingerprint density at radius 3 is 2.60 bits per heavy atom. The number of hydrogen-bond donors (Lipinski definition) is 3. The number of benzene rings is 1. The first-order valence-electron chi connectivity index (χ1n) is 6.51. The van der Waals surface area contributed by atoms with Gasteiger partial charge in [-0.1, -0.05) is 12.8 Å². The SMILES string of the molecule is Cc1cc(F)c(N)cc1S(=O)(=O)NCC1(O)CCCC1. The number of nitrogens with two attached hydrogens (primary N) is 1. The highest BCUT2D eigenvalue weighted by Crippen LogP contribution is 2.29. The Morgan fingerprint density at radius 2 is 2.00 bits per heavy atom. The van der Waals surface area contributed by atoms with Gasteiger partial charge < -0.3 is 10.8 Å². The first-order chi connectivity index (χ1) is 9.23. The third kappa shape index (κ3) is 3.11. The fourth-order valence-corrected chi connectivity index (χ4v) is 3.85. The monoisotopic (exact) mass is 302 g/mol. The van der Waals surface area contributed by atoms with Crippen LogP contribution in [0.1, 0.15) is 31.2 Å². The summed E-state index contributed by atoms with van der Waals surface area (Å²) in [5, 5.41) is 10.2. The zero-order valence-electron chi connectivity index (χ0n) is 11.3. The molecule has 0 aromatic heterocycles. The standard InChI is InChI=1S/C13H19FN2O3S/c1-9-6-10(14)11(15)7-12(9)20(18,19)16-8-13(17)4-2-3-5-13/h6-7,16-17H,2-5,8,15H2,1H3. The van der Waals surface area contributed by atoms with Crippen molar-refractivity contribution in [2.45, 2.75) is 43.1 Å². The minimum Gasteiger partial charge on any atom is -0.396 e. The van der Waals surface area contributed by atoms with E-state index in [0.717, 1.165) is 25.0 Å². The summed E-state index contributed by atoms with van der Waals surface area (Å²) in [5.41, 5.74) is 4.50. The zero-order valence-corrected chi connectivity index (χ0v) is 12.1. The molecule has 1 fully saturated rings. The van der Waals surface area contributed by atoms with Crippen LogP contribution in [-0.2, 0) is 10.0 Å². The smallest absolute Gasteiger partial charge is 0.241 e. The maximum absolute atomic E-state index is 13.3. The maximum Gasteiger partial charge on any atom is 0.241 e. The Labute approximate surface area is 118 Å². The van der Waals surface area contributed by atoms with Crippen LogP contribution in [0.5, 0.6) is 0 Å². The molecule has 1 aromatic carbocycles. The minimum absolute atomic E-state index is 0.0357.